The molecule has 1 N–H and O–H groups in total. The van der Waals surface area contributed by atoms with Gasteiger partial charge in [-0.3, -0.25) is 4.90 Å². The zero-order valence-corrected chi connectivity index (χ0v) is 13.5. The van der Waals surface area contributed by atoms with Crippen LogP contribution in [0.4, 0.5) is 5.69 Å². The number of aryl methyl sites for hydroxylation is 1. The molecule has 1 aromatic carbocycles. The van der Waals surface area contributed by atoms with E-state index in [0.717, 1.165) is 19.1 Å². The monoisotopic (exact) mass is 287 g/mol. The maximum atomic E-state index is 3.63. The minimum absolute atomic E-state index is 0.705. The first-order valence-electron chi connectivity index (χ1n) is 8.51. The summed E-state index contributed by atoms with van der Waals surface area (Å²) in [6.07, 6.45) is 4.06. The molecule has 3 heteroatoms. The Morgan fingerprint density at radius 2 is 1.95 bits per heavy atom. The normalized spacial score (nSPS) is 21.5. The average molecular weight is 287 g/mol. The van der Waals surface area contributed by atoms with Gasteiger partial charge in [-0.15, -0.1) is 0 Å². The number of hydrogen-bond acceptors (Lipinski definition) is 3. The van der Waals surface area contributed by atoms with E-state index in [1.807, 2.05) is 0 Å². The van der Waals surface area contributed by atoms with Crippen LogP contribution in [0.3, 0.4) is 0 Å². The summed E-state index contributed by atoms with van der Waals surface area (Å²) >= 11 is 0. The molecular formula is C18H29N3. The fraction of sp³-hybridized carbons (Fsp3) is 0.667. The van der Waals surface area contributed by atoms with E-state index in [1.54, 1.807) is 0 Å². The van der Waals surface area contributed by atoms with Gasteiger partial charge in [-0.1, -0.05) is 12.1 Å². The lowest BCUT2D eigenvalue weighted by atomic mass is 10.1. The molecule has 2 fully saturated rings. The molecule has 116 valence electrons. The Labute approximate surface area is 129 Å². The van der Waals surface area contributed by atoms with Crippen molar-refractivity contribution < 1.29 is 0 Å². The van der Waals surface area contributed by atoms with Crippen LogP contribution in [0.15, 0.2) is 24.3 Å². The molecule has 1 saturated heterocycles. The van der Waals surface area contributed by atoms with Crippen LogP contribution >= 0.6 is 0 Å². The molecule has 1 saturated carbocycles. The van der Waals surface area contributed by atoms with Gasteiger partial charge in [0.1, 0.15) is 0 Å². The lowest BCUT2D eigenvalue weighted by Gasteiger charge is -2.39. The van der Waals surface area contributed by atoms with E-state index in [0.29, 0.717) is 6.04 Å². The van der Waals surface area contributed by atoms with Crippen LogP contribution in [0.2, 0.25) is 0 Å². The van der Waals surface area contributed by atoms with Gasteiger partial charge in [-0.25, -0.2) is 0 Å². The van der Waals surface area contributed by atoms with Crippen LogP contribution in [0.5, 0.6) is 0 Å². The number of piperazine rings is 1. The largest absolute Gasteiger partial charge is 0.369 e. The predicted octanol–water partition coefficient (Wildman–Crippen LogP) is 2.65. The topological polar surface area (TPSA) is 18.5 Å². The highest BCUT2D eigenvalue weighted by molar-refractivity contribution is 5.48. The Morgan fingerprint density at radius 1 is 1.19 bits per heavy atom. The maximum Gasteiger partial charge on any atom is 0.0369 e. The first-order chi connectivity index (χ1) is 10.2. The summed E-state index contributed by atoms with van der Waals surface area (Å²) in [7, 11) is 0. The van der Waals surface area contributed by atoms with Crippen molar-refractivity contribution in [2.24, 2.45) is 0 Å². The van der Waals surface area contributed by atoms with Crippen LogP contribution < -0.4 is 10.2 Å². The molecule has 2 aliphatic rings. The SMILES string of the molecule is Cc1cccc(N2CCN(C(C)CCNC3CC3)CC2)c1. The van der Waals surface area contributed by atoms with E-state index in [1.165, 1.54) is 50.1 Å². The van der Waals surface area contributed by atoms with Crippen molar-refractivity contribution >= 4 is 5.69 Å². The van der Waals surface area contributed by atoms with Gasteiger partial charge >= 0.3 is 0 Å². The molecule has 1 heterocycles. The van der Waals surface area contributed by atoms with Crippen molar-refractivity contribution in [1.82, 2.24) is 10.2 Å². The standard InChI is InChI=1S/C18H29N3/c1-15-4-3-5-18(14-15)21-12-10-20(11-13-21)16(2)8-9-19-17-6-7-17/h3-5,14,16-17,19H,6-13H2,1-2H3. The highest BCUT2D eigenvalue weighted by atomic mass is 15.3. The van der Waals surface area contributed by atoms with Gasteiger partial charge < -0.3 is 10.2 Å². The van der Waals surface area contributed by atoms with E-state index >= 15 is 0 Å². The number of anilines is 1. The molecule has 1 atom stereocenters. The maximum absolute atomic E-state index is 3.63. The zero-order chi connectivity index (χ0) is 14.7. The van der Waals surface area contributed by atoms with Crippen molar-refractivity contribution in [2.45, 2.75) is 45.2 Å². The second-order valence-corrected chi connectivity index (χ2v) is 6.73. The quantitative estimate of drug-likeness (QED) is 0.868. The molecule has 3 rings (SSSR count). The number of hydrogen-bond donors (Lipinski definition) is 1. The van der Waals surface area contributed by atoms with Crippen molar-refractivity contribution in [3.05, 3.63) is 29.8 Å². The van der Waals surface area contributed by atoms with Crippen LogP contribution in [-0.2, 0) is 0 Å². The van der Waals surface area contributed by atoms with Crippen LogP contribution in [0.25, 0.3) is 0 Å². The van der Waals surface area contributed by atoms with Crippen molar-refractivity contribution in [3.63, 3.8) is 0 Å². The van der Waals surface area contributed by atoms with Crippen molar-refractivity contribution in [3.8, 4) is 0 Å². The number of nitrogens with one attached hydrogen (secondary N) is 1. The summed E-state index contributed by atoms with van der Waals surface area (Å²) < 4.78 is 0. The Bertz CT molecular complexity index is 448. The lowest BCUT2D eigenvalue weighted by molar-refractivity contribution is 0.188. The molecule has 3 nitrogen and oxygen atoms in total. The van der Waals surface area contributed by atoms with Gasteiger partial charge in [0.05, 0.1) is 0 Å². The first kappa shape index (κ1) is 14.9. The van der Waals surface area contributed by atoms with Crippen molar-refractivity contribution in [1.29, 1.82) is 0 Å². The Kier molecular flexibility index (Phi) is 4.81. The first-order valence-corrected chi connectivity index (χ1v) is 8.51. The molecule has 0 bridgehead atoms. The Morgan fingerprint density at radius 3 is 2.62 bits per heavy atom. The summed E-state index contributed by atoms with van der Waals surface area (Å²) in [5, 5.41) is 3.63. The zero-order valence-electron chi connectivity index (χ0n) is 13.5. The molecular weight excluding hydrogens is 258 g/mol. The third-order valence-electron chi connectivity index (χ3n) is 4.88. The summed E-state index contributed by atoms with van der Waals surface area (Å²) in [6.45, 7) is 10.4. The highest BCUT2D eigenvalue weighted by Gasteiger charge is 2.23. The minimum Gasteiger partial charge on any atom is -0.369 e. The Hall–Kier alpha value is -1.06. The second-order valence-electron chi connectivity index (χ2n) is 6.73. The van der Waals surface area contributed by atoms with Gasteiger partial charge in [0.2, 0.25) is 0 Å². The summed E-state index contributed by atoms with van der Waals surface area (Å²) in [6, 6.07) is 10.4. The Balaban J connectivity index is 1.43. The second kappa shape index (κ2) is 6.80. The van der Waals surface area contributed by atoms with Crippen molar-refractivity contribution in [2.75, 3.05) is 37.6 Å². The van der Waals surface area contributed by atoms with E-state index in [-0.39, 0.29) is 0 Å². The predicted molar refractivity (Wildman–Crippen MR) is 90.1 cm³/mol. The third-order valence-corrected chi connectivity index (χ3v) is 4.88. The van der Waals surface area contributed by atoms with E-state index < -0.39 is 0 Å². The van der Waals surface area contributed by atoms with Gasteiger partial charge in [-0.2, -0.15) is 0 Å². The molecule has 0 aromatic heterocycles. The van der Waals surface area contributed by atoms with Gasteiger partial charge in [0.15, 0.2) is 0 Å². The molecule has 1 aliphatic heterocycles. The molecule has 1 unspecified atom stereocenters. The molecule has 1 aliphatic carbocycles. The fourth-order valence-corrected chi connectivity index (χ4v) is 3.21. The highest BCUT2D eigenvalue weighted by Crippen LogP contribution is 2.20. The molecule has 0 spiro atoms. The third kappa shape index (κ3) is 4.21. The molecule has 0 amide bonds. The molecule has 21 heavy (non-hydrogen) atoms. The van der Waals surface area contributed by atoms with E-state index in [9.17, 15) is 0 Å². The fourth-order valence-electron chi connectivity index (χ4n) is 3.21. The number of rotatable bonds is 6. The summed E-state index contributed by atoms with van der Waals surface area (Å²) in [5.74, 6) is 0. The lowest BCUT2D eigenvalue weighted by Crippen LogP contribution is -2.50. The van der Waals surface area contributed by atoms with Gasteiger partial charge in [0.25, 0.3) is 0 Å². The van der Waals surface area contributed by atoms with Crippen LogP contribution in [0, 0.1) is 6.92 Å². The molecule has 0 radical (unpaired) electrons. The minimum atomic E-state index is 0.705. The summed E-state index contributed by atoms with van der Waals surface area (Å²) in [5.41, 5.74) is 2.74. The van der Waals surface area contributed by atoms with Gasteiger partial charge in [-0.05, 0) is 57.4 Å². The van der Waals surface area contributed by atoms with E-state index in [4.69, 9.17) is 0 Å². The van der Waals surface area contributed by atoms with Crippen LogP contribution in [0.1, 0.15) is 31.7 Å². The molecule has 1 aromatic rings. The van der Waals surface area contributed by atoms with Gasteiger partial charge in [0, 0.05) is 44.0 Å². The average Bonchev–Trinajstić information content (AvgIpc) is 3.31. The van der Waals surface area contributed by atoms with Crippen LogP contribution in [-0.4, -0.2) is 49.7 Å². The number of benzene rings is 1. The number of nitrogens with zero attached hydrogens (tertiary/aromatic N) is 2. The van der Waals surface area contributed by atoms with E-state index in [2.05, 4.69) is 53.2 Å². The smallest absolute Gasteiger partial charge is 0.0369 e. The summed E-state index contributed by atoms with van der Waals surface area (Å²) in [4.78, 5) is 5.18.